The standard InChI is InChI=1S/C14H27NO4/c1-6-12(16)18-9-7-15(5)8-10-19-13(17)11-14(2,3)4/h6-11H2,1-5H3. The minimum atomic E-state index is -0.190. The second-order valence-corrected chi connectivity index (χ2v) is 5.84. The molecule has 5 heteroatoms. The summed E-state index contributed by atoms with van der Waals surface area (Å²) < 4.78 is 10.1. The van der Waals surface area contributed by atoms with E-state index in [1.54, 1.807) is 6.92 Å². The van der Waals surface area contributed by atoms with Gasteiger partial charge in [-0.2, -0.15) is 0 Å². The van der Waals surface area contributed by atoms with Crippen LogP contribution in [0.3, 0.4) is 0 Å². The summed E-state index contributed by atoms with van der Waals surface area (Å²) in [5.74, 6) is -0.358. The molecule has 0 fully saturated rings. The average Bonchev–Trinajstić information content (AvgIpc) is 2.26. The second kappa shape index (κ2) is 8.91. The van der Waals surface area contributed by atoms with E-state index in [2.05, 4.69) is 0 Å². The van der Waals surface area contributed by atoms with Gasteiger partial charge in [0.2, 0.25) is 0 Å². The van der Waals surface area contributed by atoms with Gasteiger partial charge in [0, 0.05) is 19.5 Å². The summed E-state index contributed by atoms with van der Waals surface area (Å²) in [6, 6.07) is 0. The van der Waals surface area contributed by atoms with E-state index in [1.807, 2.05) is 32.7 Å². The Hall–Kier alpha value is -1.10. The number of ether oxygens (including phenoxy) is 2. The minimum absolute atomic E-state index is 0.0443. The van der Waals surface area contributed by atoms with Crippen molar-refractivity contribution in [3.8, 4) is 0 Å². The summed E-state index contributed by atoms with van der Waals surface area (Å²) in [5.41, 5.74) is -0.0443. The Labute approximate surface area is 116 Å². The molecule has 0 aromatic rings. The monoisotopic (exact) mass is 273 g/mol. The van der Waals surface area contributed by atoms with Crippen LogP contribution in [0.4, 0.5) is 0 Å². The quantitative estimate of drug-likeness (QED) is 0.632. The number of carbonyl (C=O) groups excluding carboxylic acids is 2. The van der Waals surface area contributed by atoms with Crippen molar-refractivity contribution < 1.29 is 19.1 Å². The Morgan fingerprint density at radius 1 is 1.00 bits per heavy atom. The van der Waals surface area contributed by atoms with Gasteiger partial charge in [-0.3, -0.25) is 14.5 Å². The zero-order valence-corrected chi connectivity index (χ0v) is 12.8. The maximum atomic E-state index is 11.5. The Kier molecular flexibility index (Phi) is 8.39. The van der Waals surface area contributed by atoms with Gasteiger partial charge in [0.25, 0.3) is 0 Å². The van der Waals surface area contributed by atoms with Gasteiger partial charge in [-0.15, -0.1) is 0 Å². The normalized spacial score (nSPS) is 11.5. The van der Waals surface area contributed by atoms with Crippen LogP contribution >= 0.6 is 0 Å². The summed E-state index contributed by atoms with van der Waals surface area (Å²) in [6.45, 7) is 9.79. The number of nitrogens with zero attached hydrogens (tertiary/aromatic N) is 1. The predicted octanol–water partition coefficient (Wildman–Crippen LogP) is 1.85. The molecule has 0 aromatic heterocycles. The molecular formula is C14H27NO4. The molecule has 19 heavy (non-hydrogen) atoms. The number of hydrogen-bond donors (Lipinski definition) is 0. The summed E-state index contributed by atoms with van der Waals surface area (Å²) in [7, 11) is 1.90. The van der Waals surface area contributed by atoms with Crippen LogP contribution in [0.15, 0.2) is 0 Å². The van der Waals surface area contributed by atoms with E-state index < -0.39 is 0 Å². The van der Waals surface area contributed by atoms with Gasteiger partial charge in [0.15, 0.2) is 0 Å². The third-order valence-electron chi connectivity index (χ3n) is 2.44. The van der Waals surface area contributed by atoms with E-state index in [-0.39, 0.29) is 17.4 Å². The molecule has 0 aliphatic heterocycles. The van der Waals surface area contributed by atoms with Crippen molar-refractivity contribution >= 4 is 11.9 Å². The highest BCUT2D eigenvalue weighted by Crippen LogP contribution is 2.18. The lowest BCUT2D eigenvalue weighted by molar-refractivity contribution is -0.146. The number of likely N-dealkylation sites (N-methyl/N-ethyl adjacent to an activating group) is 1. The zero-order chi connectivity index (χ0) is 14.9. The first-order valence-corrected chi connectivity index (χ1v) is 6.74. The van der Waals surface area contributed by atoms with Gasteiger partial charge < -0.3 is 9.47 Å². The first-order valence-electron chi connectivity index (χ1n) is 6.74. The number of esters is 2. The van der Waals surface area contributed by atoms with Crippen molar-refractivity contribution in [3.05, 3.63) is 0 Å². The molecule has 0 rings (SSSR count). The van der Waals surface area contributed by atoms with Gasteiger partial charge in [0.1, 0.15) is 13.2 Å². The average molecular weight is 273 g/mol. The molecule has 0 aliphatic rings. The molecule has 0 spiro atoms. The smallest absolute Gasteiger partial charge is 0.306 e. The van der Waals surface area contributed by atoms with E-state index >= 15 is 0 Å². The van der Waals surface area contributed by atoms with Gasteiger partial charge in [-0.1, -0.05) is 27.7 Å². The molecule has 0 unspecified atom stereocenters. The lowest BCUT2D eigenvalue weighted by Crippen LogP contribution is -2.29. The van der Waals surface area contributed by atoms with Crippen LogP contribution in [0.5, 0.6) is 0 Å². The first-order chi connectivity index (χ1) is 8.74. The van der Waals surface area contributed by atoms with Crippen LogP contribution in [0.25, 0.3) is 0 Å². The summed E-state index contributed by atoms with van der Waals surface area (Å²) >= 11 is 0. The molecule has 0 radical (unpaired) electrons. The molecule has 0 bridgehead atoms. The van der Waals surface area contributed by atoms with Crippen molar-refractivity contribution in [1.82, 2.24) is 4.90 Å². The number of carbonyl (C=O) groups is 2. The Balaban J connectivity index is 3.60. The molecule has 0 N–H and O–H groups in total. The van der Waals surface area contributed by atoms with Crippen LogP contribution in [0.2, 0.25) is 0 Å². The number of hydrogen-bond acceptors (Lipinski definition) is 5. The van der Waals surface area contributed by atoms with E-state index in [1.165, 1.54) is 0 Å². The Morgan fingerprint density at radius 3 is 1.89 bits per heavy atom. The predicted molar refractivity (Wildman–Crippen MR) is 73.8 cm³/mol. The fraction of sp³-hybridized carbons (Fsp3) is 0.857. The third kappa shape index (κ3) is 11.7. The van der Waals surface area contributed by atoms with Gasteiger partial charge >= 0.3 is 11.9 Å². The molecule has 112 valence electrons. The number of rotatable bonds is 8. The maximum Gasteiger partial charge on any atom is 0.306 e. The van der Waals surface area contributed by atoms with Crippen molar-refractivity contribution in [1.29, 1.82) is 0 Å². The van der Waals surface area contributed by atoms with Gasteiger partial charge in [-0.25, -0.2) is 0 Å². The topological polar surface area (TPSA) is 55.8 Å². The largest absolute Gasteiger partial charge is 0.464 e. The minimum Gasteiger partial charge on any atom is -0.464 e. The molecule has 5 nitrogen and oxygen atoms in total. The van der Waals surface area contributed by atoms with E-state index in [0.717, 1.165) is 0 Å². The molecule has 0 atom stereocenters. The van der Waals surface area contributed by atoms with Gasteiger partial charge in [0.05, 0.1) is 6.42 Å². The lowest BCUT2D eigenvalue weighted by Gasteiger charge is -2.19. The molecule has 0 saturated heterocycles. The highest BCUT2D eigenvalue weighted by Gasteiger charge is 2.16. The molecular weight excluding hydrogens is 246 g/mol. The van der Waals surface area contributed by atoms with Crippen molar-refractivity contribution in [2.45, 2.75) is 40.5 Å². The molecule has 0 heterocycles. The SMILES string of the molecule is CCC(=O)OCCN(C)CCOC(=O)CC(C)(C)C. The van der Waals surface area contributed by atoms with E-state index in [0.29, 0.717) is 39.1 Å². The second-order valence-electron chi connectivity index (χ2n) is 5.84. The van der Waals surface area contributed by atoms with Crippen molar-refractivity contribution in [3.63, 3.8) is 0 Å². The van der Waals surface area contributed by atoms with Crippen molar-refractivity contribution in [2.75, 3.05) is 33.4 Å². The van der Waals surface area contributed by atoms with Crippen LogP contribution in [-0.4, -0.2) is 50.2 Å². The van der Waals surface area contributed by atoms with Crippen molar-refractivity contribution in [2.24, 2.45) is 5.41 Å². The Morgan fingerprint density at radius 2 is 1.47 bits per heavy atom. The lowest BCUT2D eigenvalue weighted by atomic mass is 9.93. The van der Waals surface area contributed by atoms with Gasteiger partial charge in [-0.05, 0) is 12.5 Å². The van der Waals surface area contributed by atoms with E-state index in [4.69, 9.17) is 9.47 Å². The summed E-state index contributed by atoms with van der Waals surface area (Å²) in [6.07, 6.45) is 0.818. The Bertz CT molecular complexity index is 284. The molecule has 0 amide bonds. The van der Waals surface area contributed by atoms with E-state index in [9.17, 15) is 9.59 Å². The van der Waals surface area contributed by atoms with Crippen LogP contribution in [0.1, 0.15) is 40.5 Å². The van der Waals surface area contributed by atoms with Crippen LogP contribution < -0.4 is 0 Å². The first kappa shape index (κ1) is 17.9. The highest BCUT2D eigenvalue weighted by molar-refractivity contribution is 5.70. The third-order valence-corrected chi connectivity index (χ3v) is 2.44. The fourth-order valence-electron chi connectivity index (χ4n) is 1.33. The summed E-state index contributed by atoms with van der Waals surface area (Å²) in [4.78, 5) is 24.4. The molecule has 0 aliphatic carbocycles. The zero-order valence-electron chi connectivity index (χ0n) is 12.8. The molecule has 0 saturated carbocycles. The fourth-order valence-corrected chi connectivity index (χ4v) is 1.33. The summed E-state index contributed by atoms with van der Waals surface area (Å²) in [5, 5.41) is 0. The maximum absolute atomic E-state index is 11.5. The highest BCUT2D eigenvalue weighted by atomic mass is 16.5. The van der Waals surface area contributed by atoms with Crippen LogP contribution in [-0.2, 0) is 19.1 Å². The molecule has 0 aromatic carbocycles. The van der Waals surface area contributed by atoms with Crippen LogP contribution in [0, 0.1) is 5.41 Å².